The van der Waals surface area contributed by atoms with Crippen LogP contribution in [-0.2, 0) is 6.54 Å². The number of pyridine rings is 1. The molecule has 0 atom stereocenters. The molecule has 0 bridgehead atoms. The van der Waals surface area contributed by atoms with Crippen molar-refractivity contribution in [3.8, 4) is 0 Å². The number of hydrogen-bond donors (Lipinski definition) is 2. The average molecular weight is 486 g/mol. The maximum atomic E-state index is 5.92. The number of guanidine groups is 1. The van der Waals surface area contributed by atoms with E-state index < -0.39 is 0 Å². The Morgan fingerprint density at radius 2 is 2.13 bits per heavy atom. The molecule has 2 aromatic heterocycles. The zero-order valence-corrected chi connectivity index (χ0v) is 16.4. The van der Waals surface area contributed by atoms with Gasteiger partial charge < -0.3 is 15.5 Å². The minimum atomic E-state index is 0. The van der Waals surface area contributed by atoms with Crippen LogP contribution in [0.4, 0.5) is 5.69 Å². The summed E-state index contributed by atoms with van der Waals surface area (Å²) in [7, 11) is 0. The van der Waals surface area contributed by atoms with Gasteiger partial charge in [0, 0.05) is 22.6 Å². The van der Waals surface area contributed by atoms with E-state index in [9.17, 15) is 0 Å². The molecule has 0 saturated heterocycles. The lowest BCUT2D eigenvalue weighted by Crippen LogP contribution is -2.22. The monoisotopic (exact) mass is 485 g/mol. The van der Waals surface area contributed by atoms with Crippen molar-refractivity contribution >= 4 is 57.2 Å². The van der Waals surface area contributed by atoms with Gasteiger partial charge in [-0.2, -0.15) is 0 Å². The van der Waals surface area contributed by atoms with E-state index in [1.807, 2.05) is 60.1 Å². The number of aromatic nitrogens is 2. The minimum Gasteiger partial charge on any atom is -0.370 e. The number of nitrogens with two attached hydrogens (primary N) is 1. The second-order valence-electron chi connectivity index (χ2n) is 5.04. The molecule has 0 spiro atoms. The Morgan fingerprint density at radius 1 is 1.30 bits per heavy atom. The van der Waals surface area contributed by atoms with Crippen LogP contribution < -0.4 is 11.1 Å². The SMILES string of the molecule is Cc1cccc(NC(N)=NCc2cn3cc(Br)ccc3n2)c1.I. The Hall–Kier alpha value is -1.61. The maximum Gasteiger partial charge on any atom is 0.193 e. The molecule has 120 valence electrons. The fourth-order valence-electron chi connectivity index (χ4n) is 2.17. The number of anilines is 1. The summed E-state index contributed by atoms with van der Waals surface area (Å²) in [5, 5.41) is 3.08. The van der Waals surface area contributed by atoms with Gasteiger partial charge in [0.2, 0.25) is 0 Å². The van der Waals surface area contributed by atoms with Gasteiger partial charge in [0.25, 0.3) is 0 Å². The number of hydrogen-bond acceptors (Lipinski definition) is 2. The first-order valence-corrected chi connectivity index (χ1v) is 7.66. The van der Waals surface area contributed by atoms with Crippen molar-refractivity contribution in [2.24, 2.45) is 10.7 Å². The summed E-state index contributed by atoms with van der Waals surface area (Å²) in [6.07, 6.45) is 3.91. The molecule has 0 aliphatic rings. The minimum absolute atomic E-state index is 0. The van der Waals surface area contributed by atoms with E-state index in [0.717, 1.165) is 21.5 Å². The molecule has 7 heteroatoms. The van der Waals surface area contributed by atoms with Crippen LogP contribution in [0.5, 0.6) is 0 Å². The van der Waals surface area contributed by atoms with Crippen LogP contribution in [0, 0.1) is 6.92 Å². The maximum absolute atomic E-state index is 5.92. The van der Waals surface area contributed by atoms with E-state index >= 15 is 0 Å². The van der Waals surface area contributed by atoms with Gasteiger partial charge in [0.15, 0.2) is 5.96 Å². The van der Waals surface area contributed by atoms with Gasteiger partial charge in [-0.1, -0.05) is 12.1 Å². The summed E-state index contributed by atoms with van der Waals surface area (Å²) < 4.78 is 2.96. The largest absolute Gasteiger partial charge is 0.370 e. The number of nitrogens with one attached hydrogen (secondary N) is 1. The van der Waals surface area contributed by atoms with Crippen molar-refractivity contribution in [3.63, 3.8) is 0 Å². The van der Waals surface area contributed by atoms with Gasteiger partial charge in [0.05, 0.1) is 12.2 Å². The summed E-state index contributed by atoms with van der Waals surface area (Å²) >= 11 is 3.44. The highest BCUT2D eigenvalue weighted by molar-refractivity contribution is 14.0. The molecule has 0 saturated carbocycles. The molecular weight excluding hydrogens is 469 g/mol. The smallest absolute Gasteiger partial charge is 0.193 e. The Kier molecular flexibility index (Phi) is 6.00. The molecule has 0 radical (unpaired) electrons. The molecule has 3 rings (SSSR count). The predicted octanol–water partition coefficient (Wildman–Crippen LogP) is 3.95. The Morgan fingerprint density at radius 3 is 2.91 bits per heavy atom. The first-order valence-electron chi connectivity index (χ1n) is 6.87. The lowest BCUT2D eigenvalue weighted by Gasteiger charge is -2.05. The van der Waals surface area contributed by atoms with Crippen LogP contribution in [0.1, 0.15) is 11.3 Å². The van der Waals surface area contributed by atoms with Crippen LogP contribution in [0.2, 0.25) is 0 Å². The van der Waals surface area contributed by atoms with Crippen LogP contribution in [0.25, 0.3) is 5.65 Å². The van der Waals surface area contributed by atoms with Gasteiger partial charge in [-0.3, -0.25) is 0 Å². The lowest BCUT2D eigenvalue weighted by molar-refractivity contribution is 1.01. The van der Waals surface area contributed by atoms with E-state index in [0.29, 0.717) is 12.5 Å². The third kappa shape index (κ3) is 4.68. The van der Waals surface area contributed by atoms with E-state index in [4.69, 9.17) is 5.73 Å². The first kappa shape index (κ1) is 17.7. The zero-order chi connectivity index (χ0) is 15.5. The van der Waals surface area contributed by atoms with E-state index in [1.165, 1.54) is 5.56 Å². The molecular formula is C16H17BrIN5. The number of halogens is 2. The highest BCUT2D eigenvalue weighted by Crippen LogP contribution is 2.13. The van der Waals surface area contributed by atoms with E-state index in [-0.39, 0.29) is 24.0 Å². The molecule has 0 fully saturated rings. The summed E-state index contributed by atoms with van der Waals surface area (Å²) in [6.45, 7) is 2.47. The number of aryl methyl sites for hydroxylation is 1. The van der Waals surface area contributed by atoms with Crippen LogP contribution >= 0.6 is 39.9 Å². The topological polar surface area (TPSA) is 67.7 Å². The highest BCUT2D eigenvalue weighted by Gasteiger charge is 2.02. The highest BCUT2D eigenvalue weighted by atomic mass is 127. The molecule has 3 aromatic rings. The molecule has 3 N–H and O–H groups in total. The molecule has 1 aromatic carbocycles. The van der Waals surface area contributed by atoms with Crippen LogP contribution in [-0.4, -0.2) is 15.3 Å². The fourth-order valence-corrected chi connectivity index (χ4v) is 2.52. The van der Waals surface area contributed by atoms with Crippen molar-refractivity contribution < 1.29 is 0 Å². The summed E-state index contributed by atoms with van der Waals surface area (Å²) in [5.74, 6) is 0.379. The second-order valence-corrected chi connectivity index (χ2v) is 5.96. The van der Waals surface area contributed by atoms with Gasteiger partial charge >= 0.3 is 0 Å². The number of aliphatic imine (C=N–C) groups is 1. The first-order chi connectivity index (χ1) is 10.6. The standard InChI is InChI=1S/C16H16BrN5.HI/c1-11-3-2-4-13(7-11)21-16(18)19-8-14-10-22-9-12(17)5-6-15(22)20-14;/h2-7,9-10H,8H2,1H3,(H3,18,19,21);1H. The lowest BCUT2D eigenvalue weighted by atomic mass is 10.2. The van der Waals surface area contributed by atoms with Crippen molar-refractivity contribution in [2.75, 3.05) is 5.32 Å². The number of rotatable bonds is 3. The van der Waals surface area contributed by atoms with Gasteiger partial charge in [-0.25, -0.2) is 9.98 Å². The third-order valence-corrected chi connectivity index (χ3v) is 3.64. The number of nitrogens with zero attached hydrogens (tertiary/aromatic N) is 3. The molecule has 0 aliphatic carbocycles. The molecule has 2 heterocycles. The molecule has 0 aliphatic heterocycles. The number of benzene rings is 1. The Labute approximate surface area is 160 Å². The Bertz CT molecular complexity index is 843. The van der Waals surface area contributed by atoms with Gasteiger partial charge in [-0.05, 0) is 52.7 Å². The fraction of sp³-hybridized carbons (Fsp3) is 0.125. The van der Waals surface area contributed by atoms with Crippen molar-refractivity contribution in [2.45, 2.75) is 13.5 Å². The van der Waals surface area contributed by atoms with Crippen molar-refractivity contribution in [3.05, 3.63) is 64.5 Å². The molecule has 5 nitrogen and oxygen atoms in total. The summed E-state index contributed by atoms with van der Waals surface area (Å²) in [5.41, 5.74) is 9.77. The molecule has 0 amide bonds. The summed E-state index contributed by atoms with van der Waals surface area (Å²) in [6, 6.07) is 11.9. The predicted molar refractivity (Wildman–Crippen MR) is 108 cm³/mol. The van der Waals surface area contributed by atoms with Crippen LogP contribution in [0.3, 0.4) is 0 Å². The molecule has 23 heavy (non-hydrogen) atoms. The normalized spacial score (nSPS) is 11.3. The third-order valence-electron chi connectivity index (χ3n) is 3.17. The van der Waals surface area contributed by atoms with E-state index in [1.54, 1.807) is 0 Å². The zero-order valence-electron chi connectivity index (χ0n) is 12.5. The number of imidazole rings is 1. The van der Waals surface area contributed by atoms with Crippen LogP contribution in [0.15, 0.2) is 58.3 Å². The molecule has 0 unspecified atom stereocenters. The second kappa shape index (κ2) is 7.78. The number of fused-ring (bicyclic) bond motifs is 1. The Balaban J connectivity index is 0.00000192. The van der Waals surface area contributed by atoms with E-state index in [2.05, 4.69) is 31.2 Å². The van der Waals surface area contributed by atoms with Gasteiger partial charge in [0.1, 0.15) is 5.65 Å². The van der Waals surface area contributed by atoms with Crippen molar-refractivity contribution in [1.29, 1.82) is 0 Å². The van der Waals surface area contributed by atoms with Crippen molar-refractivity contribution in [1.82, 2.24) is 9.38 Å². The van der Waals surface area contributed by atoms with Gasteiger partial charge in [-0.15, -0.1) is 24.0 Å². The summed E-state index contributed by atoms with van der Waals surface area (Å²) in [4.78, 5) is 8.83. The average Bonchev–Trinajstić information content (AvgIpc) is 2.87. The quantitative estimate of drug-likeness (QED) is 0.335.